The first-order valence-corrected chi connectivity index (χ1v) is 10.4. The Balaban J connectivity index is 1.36. The quantitative estimate of drug-likeness (QED) is 0.803. The number of likely N-dealkylation sites (tertiary alicyclic amines) is 1. The highest BCUT2D eigenvalue weighted by atomic mass is 16.7. The Labute approximate surface area is 161 Å². The van der Waals surface area contributed by atoms with Gasteiger partial charge in [0.15, 0.2) is 11.5 Å². The van der Waals surface area contributed by atoms with Crippen LogP contribution in [0.5, 0.6) is 11.5 Å². The van der Waals surface area contributed by atoms with Crippen molar-refractivity contribution in [2.24, 2.45) is 0 Å². The van der Waals surface area contributed by atoms with Gasteiger partial charge < -0.3 is 14.8 Å². The van der Waals surface area contributed by atoms with E-state index in [2.05, 4.69) is 10.2 Å². The van der Waals surface area contributed by atoms with Gasteiger partial charge in [0, 0.05) is 18.2 Å². The van der Waals surface area contributed by atoms with Crippen LogP contribution in [0.25, 0.3) is 6.08 Å². The molecule has 3 aliphatic rings. The third-order valence-electron chi connectivity index (χ3n) is 6.23. The number of fused-ring (bicyclic) bond motifs is 1. The van der Waals surface area contributed by atoms with Crippen LogP contribution < -0.4 is 14.8 Å². The molecule has 0 aromatic heterocycles. The molecule has 1 N–H and O–H groups in total. The second-order valence-electron chi connectivity index (χ2n) is 8.00. The van der Waals surface area contributed by atoms with Crippen molar-refractivity contribution in [3.63, 3.8) is 0 Å². The highest BCUT2D eigenvalue weighted by Gasteiger charge is 2.38. The third kappa shape index (κ3) is 4.29. The molecular weight excluding hydrogens is 340 g/mol. The van der Waals surface area contributed by atoms with Gasteiger partial charge in [-0.1, -0.05) is 31.7 Å². The summed E-state index contributed by atoms with van der Waals surface area (Å²) in [7, 11) is 0. The monoisotopic (exact) mass is 370 g/mol. The van der Waals surface area contributed by atoms with Gasteiger partial charge in [0.25, 0.3) is 0 Å². The molecule has 0 bridgehead atoms. The molecule has 0 atom stereocenters. The molecule has 0 unspecified atom stereocenters. The molecule has 0 radical (unpaired) electrons. The lowest BCUT2D eigenvalue weighted by atomic mass is 9.79. The molecule has 1 aliphatic carbocycles. The number of ether oxygens (including phenoxy) is 2. The summed E-state index contributed by atoms with van der Waals surface area (Å²) in [5.74, 6) is 1.48. The van der Waals surface area contributed by atoms with Gasteiger partial charge in [0.2, 0.25) is 12.7 Å². The number of piperidine rings is 1. The van der Waals surface area contributed by atoms with Crippen molar-refractivity contribution in [3.8, 4) is 11.5 Å². The Morgan fingerprint density at radius 3 is 2.59 bits per heavy atom. The van der Waals surface area contributed by atoms with E-state index >= 15 is 0 Å². The molecule has 1 aromatic rings. The molecular formula is C22H30N2O3. The van der Waals surface area contributed by atoms with Gasteiger partial charge in [-0.2, -0.15) is 0 Å². The van der Waals surface area contributed by atoms with Crippen molar-refractivity contribution in [1.29, 1.82) is 0 Å². The summed E-state index contributed by atoms with van der Waals surface area (Å²) in [4.78, 5) is 15.1. The molecule has 1 amide bonds. The first-order valence-electron chi connectivity index (χ1n) is 10.4. The number of hydrogen-bond donors (Lipinski definition) is 1. The highest BCUT2D eigenvalue weighted by molar-refractivity contribution is 5.91. The summed E-state index contributed by atoms with van der Waals surface area (Å²) in [5.41, 5.74) is 1.11. The van der Waals surface area contributed by atoms with Crippen LogP contribution in [0, 0.1) is 0 Å². The number of hydrogen-bond acceptors (Lipinski definition) is 4. The Hall–Kier alpha value is -2.01. The van der Waals surface area contributed by atoms with Crippen molar-refractivity contribution in [2.45, 2.75) is 56.9 Å². The molecule has 1 saturated carbocycles. The van der Waals surface area contributed by atoms with Gasteiger partial charge in [0.1, 0.15) is 0 Å². The minimum absolute atomic E-state index is 0.0189. The summed E-state index contributed by atoms with van der Waals surface area (Å²) in [6.07, 6.45) is 13.7. The second kappa shape index (κ2) is 8.34. The van der Waals surface area contributed by atoms with E-state index in [4.69, 9.17) is 9.47 Å². The van der Waals surface area contributed by atoms with E-state index in [9.17, 15) is 4.79 Å². The number of nitrogens with one attached hydrogen (secondary N) is 1. The van der Waals surface area contributed by atoms with Crippen LogP contribution >= 0.6 is 0 Å². The Bertz CT molecular complexity index is 689. The van der Waals surface area contributed by atoms with Gasteiger partial charge in [-0.25, -0.2) is 0 Å². The van der Waals surface area contributed by atoms with Gasteiger partial charge in [-0.3, -0.25) is 9.69 Å². The Morgan fingerprint density at radius 1 is 1.04 bits per heavy atom. The van der Waals surface area contributed by atoms with Crippen LogP contribution in [0.3, 0.4) is 0 Å². The molecule has 5 nitrogen and oxygen atoms in total. The van der Waals surface area contributed by atoms with Crippen molar-refractivity contribution in [3.05, 3.63) is 29.8 Å². The van der Waals surface area contributed by atoms with Crippen molar-refractivity contribution in [1.82, 2.24) is 10.2 Å². The predicted octanol–water partition coefficient (Wildman–Crippen LogP) is 3.73. The minimum Gasteiger partial charge on any atom is -0.454 e. The lowest BCUT2D eigenvalue weighted by Gasteiger charge is -2.48. The normalized spacial score (nSPS) is 22.1. The zero-order valence-electron chi connectivity index (χ0n) is 16.0. The summed E-state index contributed by atoms with van der Waals surface area (Å²) in [6.45, 7) is 3.39. The molecule has 146 valence electrons. The molecule has 2 heterocycles. The highest BCUT2D eigenvalue weighted by Crippen LogP contribution is 2.35. The molecule has 5 heteroatoms. The first kappa shape index (κ1) is 18.4. The molecule has 0 spiro atoms. The molecule has 2 fully saturated rings. The fraction of sp³-hybridized carbons (Fsp3) is 0.591. The summed E-state index contributed by atoms with van der Waals surface area (Å²) in [5, 5.41) is 3.19. The lowest BCUT2D eigenvalue weighted by Crippen LogP contribution is -2.58. The van der Waals surface area contributed by atoms with E-state index in [1.807, 2.05) is 24.3 Å². The van der Waals surface area contributed by atoms with Gasteiger partial charge in [-0.15, -0.1) is 0 Å². The average Bonchev–Trinajstić information content (AvgIpc) is 3.20. The minimum atomic E-state index is -0.0189. The van der Waals surface area contributed by atoms with E-state index in [0.717, 1.165) is 23.6 Å². The van der Waals surface area contributed by atoms with Crippen molar-refractivity contribution in [2.75, 3.05) is 26.4 Å². The summed E-state index contributed by atoms with van der Waals surface area (Å²) < 4.78 is 10.7. The number of carbonyl (C=O) groups is 1. The molecule has 4 rings (SSSR count). The van der Waals surface area contributed by atoms with E-state index in [0.29, 0.717) is 0 Å². The molecule has 27 heavy (non-hydrogen) atoms. The predicted molar refractivity (Wildman–Crippen MR) is 106 cm³/mol. The standard InChI is InChI=1S/C22H30N2O3/c25-21(10-8-18-7-9-19-20(15-18)27-17-26-19)23-16-22(11-3-1-4-12-22)24-13-5-2-6-14-24/h7-10,15H,1-6,11-14,16-17H2,(H,23,25)/b10-8+. The largest absolute Gasteiger partial charge is 0.454 e. The SMILES string of the molecule is O=C(/C=C/c1ccc2c(c1)OCO2)NCC1(N2CCCCC2)CCCCC1. The topological polar surface area (TPSA) is 50.8 Å². The van der Waals surface area contributed by atoms with E-state index in [-0.39, 0.29) is 18.2 Å². The number of amides is 1. The summed E-state index contributed by atoms with van der Waals surface area (Å²) in [6, 6.07) is 5.73. The van der Waals surface area contributed by atoms with Crippen LogP contribution in [0.15, 0.2) is 24.3 Å². The van der Waals surface area contributed by atoms with Crippen LogP contribution in [-0.4, -0.2) is 42.8 Å². The van der Waals surface area contributed by atoms with Crippen LogP contribution in [-0.2, 0) is 4.79 Å². The average molecular weight is 370 g/mol. The molecule has 1 saturated heterocycles. The lowest BCUT2D eigenvalue weighted by molar-refractivity contribution is -0.117. The Kier molecular flexibility index (Phi) is 5.67. The van der Waals surface area contributed by atoms with Gasteiger partial charge in [0.05, 0.1) is 0 Å². The smallest absolute Gasteiger partial charge is 0.244 e. The maximum atomic E-state index is 12.4. The van der Waals surface area contributed by atoms with E-state index < -0.39 is 0 Å². The Morgan fingerprint density at radius 2 is 1.78 bits per heavy atom. The second-order valence-corrected chi connectivity index (χ2v) is 8.00. The van der Waals surface area contributed by atoms with Crippen molar-refractivity contribution < 1.29 is 14.3 Å². The van der Waals surface area contributed by atoms with Crippen molar-refractivity contribution >= 4 is 12.0 Å². The first-order chi connectivity index (χ1) is 13.3. The van der Waals surface area contributed by atoms with Crippen LogP contribution in [0.4, 0.5) is 0 Å². The fourth-order valence-electron chi connectivity index (χ4n) is 4.68. The van der Waals surface area contributed by atoms with Gasteiger partial charge >= 0.3 is 0 Å². The fourth-order valence-corrected chi connectivity index (χ4v) is 4.68. The maximum absolute atomic E-state index is 12.4. The maximum Gasteiger partial charge on any atom is 0.244 e. The van der Waals surface area contributed by atoms with E-state index in [1.54, 1.807) is 6.08 Å². The number of carbonyl (C=O) groups excluding carboxylic acids is 1. The zero-order valence-corrected chi connectivity index (χ0v) is 16.0. The van der Waals surface area contributed by atoms with Crippen LogP contribution in [0.1, 0.15) is 56.9 Å². The van der Waals surface area contributed by atoms with Gasteiger partial charge in [-0.05, 0) is 62.5 Å². The third-order valence-corrected chi connectivity index (χ3v) is 6.23. The number of rotatable bonds is 5. The van der Waals surface area contributed by atoms with E-state index in [1.165, 1.54) is 64.5 Å². The number of benzene rings is 1. The number of nitrogens with zero attached hydrogens (tertiary/aromatic N) is 1. The zero-order chi connectivity index (χ0) is 18.5. The van der Waals surface area contributed by atoms with Crippen LogP contribution in [0.2, 0.25) is 0 Å². The molecule has 1 aromatic carbocycles. The summed E-state index contributed by atoms with van der Waals surface area (Å²) >= 11 is 0. The molecule has 2 aliphatic heterocycles.